The second kappa shape index (κ2) is 9.22. The van der Waals surface area contributed by atoms with Crippen LogP contribution < -0.4 is 15.1 Å². The van der Waals surface area contributed by atoms with Crippen LogP contribution in [0.4, 0.5) is 21.9 Å². The molecule has 4 rings (SSSR count). The first kappa shape index (κ1) is 21.6. The maximum absolute atomic E-state index is 12.8. The summed E-state index contributed by atoms with van der Waals surface area (Å²) in [4.78, 5) is 32.8. The first-order chi connectivity index (χ1) is 15.4. The maximum atomic E-state index is 12.8. The number of hydrogen-bond acceptors (Lipinski definition) is 5. The minimum atomic E-state index is -0.880. The highest BCUT2D eigenvalue weighted by Gasteiger charge is 2.24. The molecule has 9 heteroatoms. The lowest BCUT2D eigenvalue weighted by atomic mass is 9.98. The van der Waals surface area contributed by atoms with Crippen LogP contribution in [-0.2, 0) is 0 Å². The molecule has 2 aliphatic heterocycles. The first-order valence-electron chi connectivity index (χ1n) is 11.0. The number of benzene rings is 1. The number of piperidine rings is 1. The van der Waals surface area contributed by atoms with Gasteiger partial charge in [-0.1, -0.05) is 6.92 Å². The summed E-state index contributed by atoms with van der Waals surface area (Å²) in [7, 11) is 0. The molecule has 168 valence electrons. The Morgan fingerprint density at radius 1 is 1.09 bits per heavy atom. The molecule has 0 aliphatic carbocycles. The average molecular weight is 437 g/mol. The van der Waals surface area contributed by atoms with Gasteiger partial charge in [0.25, 0.3) is 5.91 Å². The SMILES string of the molecule is CC1CCN(c2cc(N3CCN(C(=O)O)CC3)ccc2NC(=O)c2cc(C#N)c[nH]2)CC1. The van der Waals surface area contributed by atoms with E-state index in [1.807, 2.05) is 18.2 Å². The van der Waals surface area contributed by atoms with Gasteiger partial charge < -0.3 is 30.1 Å². The molecule has 3 N–H and O–H groups in total. The predicted molar refractivity (Wildman–Crippen MR) is 122 cm³/mol. The zero-order chi connectivity index (χ0) is 22.7. The summed E-state index contributed by atoms with van der Waals surface area (Å²) in [5.41, 5.74) is 3.47. The van der Waals surface area contributed by atoms with E-state index in [9.17, 15) is 14.7 Å². The molecule has 2 fully saturated rings. The number of nitrogens with one attached hydrogen (secondary N) is 2. The minimum Gasteiger partial charge on any atom is -0.465 e. The van der Waals surface area contributed by atoms with Crippen molar-refractivity contribution in [1.29, 1.82) is 5.26 Å². The fourth-order valence-electron chi connectivity index (χ4n) is 4.27. The van der Waals surface area contributed by atoms with Crippen LogP contribution in [0.1, 0.15) is 35.8 Å². The monoisotopic (exact) mass is 436 g/mol. The summed E-state index contributed by atoms with van der Waals surface area (Å²) >= 11 is 0. The Morgan fingerprint density at radius 3 is 2.44 bits per heavy atom. The molecular formula is C23H28N6O3. The fraction of sp³-hybridized carbons (Fsp3) is 0.435. The number of carbonyl (C=O) groups excluding carboxylic acids is 1. The summed E-state index contributed by atoms with van der Waals surface area (Å²) in [6.07, 6.45) is 2.82. The van der Waals surface area contributed by atoms with Crippen LogP contribution in [0.5, 0.6) is 0 Å². The molecule has 2 saturated heterocycles. The number of aromatic amines is 1. The number of carbonyl (C=O) groups is 2. The number of aromatic nitrogens is 1. The Labute approximate surface area is 187 Å². The van der Waals surface area contributed by atoms with Crippen LogP contribution in [0.25, 0.3) is 0 Å². The van der Waals surface area contributed by atoms with Crippen LogP contribution in [0.15, 0.2) is 30.5 Å². The first-order valence-corrected chi connectivity index (χ1v) is 11.0. The highest BCUT2D eigenvalue weighted by Crippen LogP contribution is 2.34. The quantitative estimate of drug-likeness (QED) is 0.678. The number of amides is 2. The van der Waals surface area contributed by atoms with Crippen molar-refractivity contribution in [2.24, 2.45) is 5.92 Å². The summed E-state index contributed by atoms with van der Waals surface area (Å²) in [5.74, 6) is 0.390. The Hall–Kier alpha value is -3.67. The molecular weight excluding hydrogens is 408 g/mol. The van der Waals surface area contributed by atoms with Gasteiger partial charge in [-0.25, -0.2) is 4.79 Å². The maximum Gasteiger partial charge on any atom is 0.407 e. The fourth-order valence-corrected chi connectivity index (χ4v) is 4.27. The van der Waals surface area contributed by atoms with Crippen LogP contribution in [0, 0.1) is 17.2 Å². The Kier molecular flexibility index (Phi) is 6.21. The number of hydrogen-bond donors (Lipinski definition) is 3. The lowest BCUT2D eigenvalue weighted by Crippen LogP contribution is -2.48. The van der Waals surface area contributed by atoms with Crippen LogP contribution in [0.3, 0.4) is 0 Å². The minimum absolute atomic E-state index is 0.291. The van der Waals surface area contributed by atoms with Gasteiger partial charge in [0.1, 0.15) is 11.8 Å². The van der Waals surface area contributed by atoms with Crippen molar-refractivity contribution in [3.63, 3.8) is 0 Å². The molecule has 9 nitrogen and oxygen atoms in total. The number of H-pyrrole nitrogens is 1. The van der Waals surface area contributed by atoms with Crippen molar-refractivity contribution in [1.82, 2.24) is 9.88 Å². The molecule has 2 aliphatic rings. The number of piperazine rings is 1. The third kappa shape index (κ3) is 4.64. The smallest absolute Gasteiger partial charge is 0.407 e. The molecule has 0 atom stereocenters. The third-order valence-corrected chi connectivity index (χ3v) is 6.33. The van der Waals surface area contributed by atoms with E-state index < -0.39 is 6.09 Å². The Balaban J connectivity index is 1.57. The number of nitrogens with zero attached hydrogens (tertiary/aromatic N) is 4. The van der Waals surface area contributed by atoms with Crippen molar-refractivity contribution in [2.75, 3.05) is 54.4 Å². The van der Waals surface area contributed by atoms with E-state index in [2.05, 4.69) is 33.1 Å². The van der Waals surface area contributed by atoms with Gasteiger partial charge in [0, 0.05) is 51.2 Å². The Morgan fingerprint density at radius 2 is 1.81 bits per heavy atom. The van der Waals surface area contributed by atoms with Crippen molar-refractivity contribution in [2.45, 2.75) is 19.8 Å². The van der Waals surface area contributed by atoms with Crippen molar-refractivity contribution < 1.29 is 14.7 Å². The van der Waals surface area contributed by atoms with Gasteiger partial charge in [-0.15, -0.1) is 0 Å². The average Bonchev–Trinajstić information content (AvgIpc) is 3.30. The van der Waals surface area contributed by atoms with Crippen molar-refractivity contribution in [3.05, 3.63) is 41.7 Å². The van der Waals surface area contributed by atoms with Gasteiger partial charge in [0.2, 0.25) is 0 Å². The lowest BCUT2D eigenvalue weighted by molar-refractivity contribution is 0.102. The molecule has 1 aromatic carbocycles. The highest BCUT2D eigenvalue weighted by atomic mass is 16.4. The third-order valence-electron chi connectivity index (χ3n) is 6.33. The van der Waals surface area contributed by atoms with Gasteiger partial charge in [-0.2, -0.15) is 5.26 Å². The van der Waals surface area contributed by atoms with E-state index in [1.165, 1.54) is 17.2 Å². The second-order valence-electron chi connectivity index (χ2n) is 8.50. The van der Waals surface area contributed by atoms with Gasteiger partial charge >= 0.3 is 6.09 Å². The number of anilines is 3. The molecule has 0 unspecified atom stereocenters. The topological polar surface area (TPSA) is 116 Å². The summed E-state index contributed by atoms with van der Waals surface area (Å²) < 4.78 is 0. The molecule has 0 spiro atoms. The van der Waals surface area contributed by atoms with E-state index in [0.717, 1.165) is 43.0 Å². The normalized spacial score (nSPS) is 17.2. The van der Waals surface area contributed by atoms with E-state index in [0.29, 0.717) is 43.4 Å². The summed E-state index contributed by atoms with van der Waals surface area (Å²) in [6.45, 7) is 6.30. The van der Waals surface area contributed by atoms with Gasteiger partial charge in [0.05, 0.1) is 16.9 Å². The molecule has 2 aromatic rings. The summed E-state index contributed by atoms with van der Waals surface area (Å²) in [6, 6.07) is 9.54. The molecule has 0 radical (unpaired) electrons. The van der Waals surface area contributed by atoms with Gasteiger partial charge in [-0.05, 0) is 43.0 Å². The molecule has 0 saturated carbocycles. The molecule has 3 heterocycles. The van der Waals surface area contributed by atoms with E-state index in [-0.39, 0.29) is 5.91 Å². The van der Waals surface area contributed by atoms with Crippen molar-refractivity contribution >= 4 is 29.1 Å². The van der Waals surface area contributed by atoms with Gasteiger partial charge in [-0.3, -0.25) is 4.79 Å². The zero-order valence-electron chi connectivity index (χ0n) is 18.2. The Bertz CT molecular complexity index is 1030. The van der Waals surface area contributed by atoms with Crippen LogP contribution >= 0.6 is 0 Å². The van der Waals surface area contributed by atoms with Crippen LogP contribution in [-0.4, -0.2) is 66.3 Å². The molecule has 0 bridgehead atoms. The lowest BCUT2D eigenvalue weighted by Gasteiger charge is -2.37. The van der Waals surface area contributed by atoms with Crippen LogP contribution in [0.2, 0.25) is 0 Å². The van der Waals surface area contributed by atoms with Crippen molar-refractivity contribution in [3.8, 4) is 6.07 Å². The second-order valence-corrected chi connectivity index (χ2v) is 8.50. The number of rotatable bonds is 4. The predicted octanol–water partition coefficient (Wildman–Crippen LogP) is 3.17. The highest BCUT2D eigenvalue weighted by molar-refractivity contribution is 6.05. The molecule has 32 heavy (non-hydrogen) atoms. The zero-order valence-corrected chi connectivity index (χ0v) is 18.2. The van der Waals surface area contributed by atoms with E-state index in [4.69, 9.17) is 5.26 Å². The summed E-state index contributed by atoms with van der Waals surface area (Å²) in [5, 5.41) is 21.2. The number of nitriles is 1. The van der Waals surface area contributed by atoms with Gasteiger partial charge in [0.15, 0.2) is 0 Å². The van der Waals surface area contributed by atoms with E-state index >= 15 is 0 Å². The molecule has 1 aromatic heterocycles. The largest absolute Gasteiger partial charge is 0.465 e. The molecule has 2 amide bonds. The number of carboxylic acid groups (broad SMARTS) is 1. The standard InChI is InChI=1S/C23H28N6O3/c1-16-4-6-28(7-5-16)21-13-18(27-8-10-29(11-9-27)23(31)32)2-3-19(21)26-22(30)20-12-17(14-24)15-25-20/h2-3,12-13,15-16,25H,4-11H2,1H3,(H,26,30)(H,31,32). The van der Waals surface area contributed by atoms with E-state index in [1.54, 1.807) is 0 Å².